The van der Waals surface area contributed by atoms with Crippen LogP contribution in [0.4, 0.5) is 0 Å². The summed E-state index contributed by atoms with van der Waals surface area (Å²) in [6.45, 7) is 6.22. The Morgan fingerprint density at radius 3 is 2.67 bits per heavy atom. The first-order chi connectivity index (χ1) is 11.1. The molecule has 0 spiro atoms. The number of carbonyl (C=O) groups is 1. The second-order valence-corrected chi connectivity index (χ2v) is 7.66. The van der Waals surface area contributed by atoms with Crippen LogP contribution < -0.4 is 8.92 Å². The van der Waals surface area contributed by atoms with Crippen molar-refractivity contribution in [3.8, 4) is 11.5 Å². The SMILES string of the molecule is CCOC1Oc2ccc(OS(=O)(=O)N(C)C(=O)CCl)cc2C1(C)C. The molecule has 1 amide bonds. The van der Waals surface area contributed by atoms with Crippen molar-refractivity contribution in [2.45, 2.75) is 32.5 Å². The smallest absolute Gasteiger partial charge is 0.411 e. The van der Waals surface area contributed by atoms with Crippen LogP contribution in [0, 0.1) is 0 Å². The van der Waals surface area contributed by atoms with Crippen molar-refractivity contribution in [2.24, 2.45) is 0 Å². The van der Waals surface area contributed by atoms with Gasteiger partial charge < -0.3 is 13.7 Å². The highest BCUT2D eigenvalue weighted by Gasteiger charge is 2.43. The van der Waals surface area contributed by atoms with Crippen LogP contribution in [0.3, 0.4) is 0 Å². The zero-order valence-corrected chi connectivity index (χ0v) is 15.5. The second-order valence-electron chi connectivity index (χ2n) is 5.82. The molecule has 0 saturated heterocycles. The van der Waals surface area contributed by atoms with E-state index in [4.69, 9.17) is 25.3 Å². The first-order valence-electron chi connectivity index (χ1n) is 7.33. The molecule has 0 saturated carbocycles. The van der Waals surface area contributed by atoms with Crippen molar-refractivity contribution in [3.05, 3.63) is 23.8 Å². The fourth-order valence-electron chi connectivity index (χ4n) is 2.34. The number of carbonyl (C=O) groups excluding carboxylic acids is 1. The summed E-state index contributed by atoms with van der Waals surface area (Å²) < 4.78 is 41.0. The van der Waals surface area contributed by atoms with Gasteiger partial charge in [-0.1, -0.05) is 0 Å². The highest BCUT2D eigenvalue weighted by atomic mass is 35.5. The minimum atomic E-state index is -4.28. The molecule has 0 aliphatic carbocycles. The largest absolute Gasteiger partial charge is 0.464 e. The van der Waals surface area contributed by atoms with E-state index in [0.29, 0.717) is 16.7 Å². The monoisotopic (exact) mass is 377 g/mol. The predicted molar refractivity (Wildman–Crippen MR) is 88.5 cm³/mol. The molecule has 2 rings (SSSR count). The summed E-state index contributed by atoms with van der Waals surface area (Å²) in [4.78, 5) is 11.5. The minimum absolute atomic E-state index is 0.0804. The van der Waals surface area contributed by atoms with Crippen molar-refractivity contribution >= 4 is 27.8 Å². The second kappa shape index (κ2) is 6.78. The van der Waals surface area contributed by atoms with E-state index in [0.717, 1.165) is 12.6 Å². The number of hydrogen-bond acceptors (Lipinski definition) is 6. The van der Waals surface area contributed by atoms with Gasteiger partial charge in [0.25, 0.3) is 5.91 Å². The van der Waals surface area contributed by atoms with Crippen molar-refractivity contribution in [1.82, 2.24) is 4.31 Å². The van der Waals surface area contributed by atoms with E-state index in [-0.39, 0.29) is 5.75 Å². The molecule has 1 aliphatic rings. The molecular weight excluding hydrogens is 358 g/mol. The lowest BCUT2D eigenvalue weighted by Crippen LogP contribution is -2.37. The Kier molecular flexibility index (Phi) is 5.31. The maximum atomic E-state index is 12.1. The van der Waals surface area contributed by atoms with E-state index in [1.54, 1.807) is 12.1 Å². The molecular formula is C15H20ClNO6S. The van der Waals surface area contributed by atoms with Gasteiger partial charge in [0.15, 0.2) is 0 Å². The number of ether oxygens (including phenoxy) is 2. The Morgan fingerprint density at radius 2 is 2.08 bits per heavy atom. The third kappa shape index (κ3) is 3.45. The highest BCUT2D eigenvalue weighted by Crippen LogP contribution is 2.44. The molecule has 0 radical (unpaired) electrons. The summed E-state index contributed by atoms with van der Waals surface area (Å²) in [6, 6.07) is 4.65. The van der Waals surface area contributed by atoms with Gasteiger partial charge in [-0.05, 0) is 39.0 Å². The lowest BCUT2D eigenvalue weighted by atomic mass is 9.85. The first-order valence-corrected chi connectivity index (χ1v) is 9.23. The molecule has 1 unspecified atom stereocenters. The van der Waals surface area contributed by atoms with Gasteiger partial charge in [0.05, 0.1) is 5.41 Å². The number of hydrogen-bond donors (Lipinski definition) is 0. The lowest BCUT2D eigenvalue weighted by Gasteiger charge is -2.25. The Bertz CT molecular complexity index is 733. The third-order valence-corrected chi connectivity index (χ3v) is 5.30. The van der Waals surface area contributed by atoms with Crippen LogP contribution >= 0.6 is 11.6 Å². The van der Waals surface area contributed by atoms with E-state index in [1.807, 2.05) is 20.8 Å². The van der Waals surface area contributed by atoms with Gasteiger partial charge in [-0.2, -0.15) is 8.42 Å². The summed E-state index contributed by atoms with van der Waals surface area (Å²) in [5.74, 6) is -0.553. The summed E-state index contributed by atoms with van der Waals surface area (Å²) in [6.07, 6.45) is -0.468. The number of halogens is 1. The summed E-state index contributed by atoms with van der Waals surface area (Å²) >= 11 is 5.37. The van der Waals surface area contributed by atoms with Gasteiger partial charge in [-0.3, -0.25) is 4.79 Å². The molecule has 134 valence electrons. The minimum Gasteiger partial charge on any atom is -0.464 e. The van der Waals surface area contributed by atoms with Crippen molar-refractivity contribution in [3.63, 3.8) is 0 Å². The topological polar surface area (TPSA) is 82.1 Å². The van der Waals surface area contributed by atoms with Gasteiger partial charge in [0, 0.05) is 19.2 Å². The average molecular weight is 378 g/mol. The molecule has 0 bridgehead atoms. The van der Waals surface area contributed by atoms with Crippen LogP contribution in [-0.4, -0.2) is 44.5 Å². The van der Waals surface area contributed by atoms with E-state index in [2.05, 4.69) is 0 Å². The van der Waals surface area contributed by atoms with Gasteiger partial charge in [0.1, 0.15) is 17.4 Å². The van der Waals surface area contributed by atoms with Crippen LogP contribution in [0.5, 0.6) is 11.5 Å². The average Bonchev–Trinajstić information content (AvgIpc) is 2.77. The summed E-state index contributed by atoms with van der Waals surface area (Å²) in [5.41, 5.74) is 0.284. The summed E-state index contributed by atoms with van der Waals surface area (Å²) in [7, 11) is -3.19. The van der Waals surface area contributed by atoms with E-state index >= 15 is 0 Å². The molecule has 1 aromatic carbocycles. The van der Waals surface area contributed by atoms with Crippen LogP contribution in [0.15, 0.2) is 18.2 Å². The maximum Gasteiger partial charge on any atom is 0.411 e. The van der Waals surface area contributed by atoms with Gasteiger partial charge >= 0.3 is 10.3 Å². The third-order valence-electron chi connectivity index (χ3n) is 3.79. The van der Waals surface area contributed by atoms with E-state index in [1.165, 1.54) is 6.07 Å². The van der Waals surface area contributed by atoms with Crippen molar-refractivity contribution < 1.29 is 26.9 Å². The number of amides is 1. The van der Waals surface area contributed by atoms with Crippen LogP contribution in [0.2, 0.25) is 0 Å². The molecule has 1 aliphatic heterocycles. The molecule has 1 atom stereocenters. The number of alkyl halides is 1. The zero-order chi connectivity index (χ0) is 18.1. The molecule has 24 heavy (non-hydrogen) atoms. The quantitative estimate of drug-likeness (QED) is 0.705. The normalized spacial score (nSPS) is 18.6. The maximum absolute atomic E-state index is 12.1. The van der Waals surface area contributed by atoms with Gasteiger partial charge in [-0.15, -0.1) is 11.6 Å². The first kappa shape index (κ1) is 18.8. The Balaban J connectivity index is 2.28. The van der Waals surface area contributed by atoms with Crippen LogP contribution in [0.1, 0.15) is 26.3 Å². The number of nitrogens with zero attached hydrogens (tertiary/aromatic N) is 1. The van der Waals surface area contributed by atoms with Crippen LogP contribution in [0.25, 0.3) is 0 Å². The zero-order valence-electron chi connectivity index (χ0n) is 13.9. The van der Waals surface area contributed by atoms with E-state index in [9.17, 15) is 13.2 Å². The Morgan fingerprint density at radius 1 is 1.42 bits per heavy atom. The summed E-state index contributed by atoms with van der Waals surface area (Å²) in [5, 5.41) is 0. The molecule has 9 heteroatoms. The predicted octanol–water partition coefficient (Wildman–Crippen LogP) is 2.04. The fourth-order valence-corrected chi connectivity index (χ4v) is 3.36. The molecule has 1 heterocycles. The van der Waals surface area contributed by atoms with Crippen molar-refractivity contribution in [2.75, 3.05) is 19.5 Å². The number of fused-ring (bicyclic) bond motifs is 1. The standard InChI is InChI=1S/C15H20ClNO6S/c1-5-21-14-15(2,3)11-8-10(6-7-12(11)22-14)23-24(19,20)17(4)13(18)9-16/h6-8,14H,5,9H2,1-4H3. The molecule has 1 aromatic rings. The fraction of sp³-hybridized carbons (Fsp3) is 0.533. The molecule has 0 fully saturated rings. The molecule has 0 aromatic heterocycles. The van der Waals surface area contributed by atoms with Crippen molar-refractivity contribution in [1.29, 1.82) is 0 Å². The van der Waals surface area contributed by atoms with Gasteiger partial charge in [0.2, 0.25) is 6.29 Å². The molecule has 7 nitrogen and oxygen atoms in total. The van der Waals surface area contributed by atoms with Gasteiger partial charge in [-0.25, -0.2) is 4.31 Å². The Labute approximate surface area is 146 Å². The number of rotatable bonds is 6. The van der Waals surface area contributed by atoms with E-state index < -0.39 is 33.8 Å². The Hall–Kier alpha value is -1.51. The molecule has 0 N–H and O–H groups in total. The highest BCUT2D eigenvalue weighted by molar-refractivity contribution is 7.85. The van der Waals surface area contributed by atoms with Crippen LogP contribution in [-0.2, 0) is 25.3 Å². The number of benzene rings is 1. The lowest BCUT2D eigenvalue weighted by molar-refractivity contribution is -0.123.